The number of carbonyl (C=O) groups is 3. The summed E-state index contributed by atoms with van der Waals surface area (Å²) in [5.41, 5.74) is 13.0. The Kier molecular flexibility index (Phi) is 4.74. The Morgan fingerprint density at radius 3 is 2.48 bits per heavy atom. The minimum absolute atomic E-state index is 0.00158. The summed E-state index contributed by atoms with van der Waals surface area (Å²) in [7, 11) is 0. The van der Waals surface area contributed by atoms with Crippen molar-refractivity contribution in [3.05, 3.63) is 49.0 Å². The molecule has 0 aliphatic heterocycles. The maximum Gasteiger partial charge on any atom is 0.255 e. The smallest absolute Gasteiger partial charge is 0.255 e. The van der Waals surface area contributed by atoms with Crippen LogP contribution in [0, 0.1) is 9.49 Å². The summed E-state index contributed by atoms with van der Waals surface area (Å²) in [6.07, 6.45) is -0.509. The second kappa shape index (κ2) is 6.76. The molecule has 0 radical (unpaired) electrons. The number of hydrogen-bond donors (Lipinski definition) is 7. The lowest BCUT2D eigenvalue weighted by atomic mass is 9.57. The zero-order valence-corrected chi connectivity index (χ0v) is 18.3. The minimum atomic E-state index is -2.66. The van der Waals surface area contributed by atoms with E-state index in [1.54, 1.807) is 6.07 Å². The van der Waals surface area contributed by atoms with E-state index in [-0.39, 0.29) is 37.1 Å². The van der Waals surface area contributed by atoms with E-state index >= 15 is 0 Å². The molecule has 1 amide bonds. The molecular formula is C20H20IN3O7. The van der Waals surface area contributed by atoms with Crippen molar-refractivity contribution in [2.45, 2.75) is 36.9 Å². The van der Waals surface area contributed by atoms with Gasteiger partial charge < -0.3 is 37.6 Å². The number of ketones is 2. The van der Waals surface area contributed by atoms with Gasteiger partial charge in [-0.15, -0.1) is 0 Å². The molecule has 0 saturated carbocycles. The van der Waals surface area contributed by atoms with Gasteiger partial charge in [-0.3, -0.25) is 14.4 Å². The third-order valence-electron chi connectivity index (χ3n) is 6.46. The molecule has 0 aromatic heterocycles. The fourth-order valence-electron chi connectivity index (χ4n) is 5.03. The molecule has 1 aromatic rings. The number of hydrogen-bond acceptors (Lipinski definition) is 9. The van der Waals surface area contributed by atoms with Crippen LogP contribution >= 0.6 is 22.6 Å². The molecule has 31 heavy (non-hydrogen) atoms. The Balaban J connectivity index is 1.99. The zero-order valence-electron chi connectivity index (χ0n) is 16.1. The van der Waals surface area contributed by atoms with Crippen LogP contribution in [-0.4, -0.2) is 49.0 Å². The SMILES string of the molecule is NCc1cc(I)c(O)c2c1C[C@@]1(N)C[C@H]3CC(O)=C(C(N)=O)C(=O)[C@@]3(O)C(O)=C1C2=O. The zero-order chi connectivity index (χ0) is 23.0. The summed E-state index contributed by atoms with van der Waals surface area (Å²) in [4.78, 5) is 38.0. The lowest BCUT2D eigenvalue weighted by molar-refractivity contribution is -0.144. The van der Waals surface area contributed by atoms with Crippen LogP contribution in [0.5, 0.6) is 5.75 Å². The number of fused-ring (bicyclic) bond motifs is 3. The summed E-state index contributed by atoms with van der Waals surface area (Å²) in [6, 6.07) is 1.64. The number of amides is 1. The van der Waals surface area contributed by atoms with Crippen molar-refractivity contribution >= 4 is 40.1 Å². The second-order valence-electron chi connectivity index (χ2n) is 8.20. The fourth-order valence-corrected chi connectivity index (χ4v) is 5.67. The van der Waals surface area contributed by atoms with Crippen molar-refractivity contribution < 1.29 is 34.8 Å². The average molecular weight is 541 g/mol. The Labute approximate surface area is 189 Å². The summed E-state index contributed by atoms with van der Waals surface area (Å²) < 4.78 is 0.361. The van der Waals surface area contributed by atoms with E-state index in [0.717, 1.165) is 0 Å². The summed E-state index contributed by atoms with van der Waals surface area (Å²) >= 11 is 1.84. The summed E-state index contributed by atoms with van der Waals surface area (Å²) in [5.74, 6) is -6.43. The minimum Gasteiger partial charge on any atom is -0.511 e. The predicted molar refractivity (Wildman–Crippen MR) is 115 cm³/mol. The number of aliphatic hydroxyl groups is 3. The normalized spacial score (nSPS) is 30.1. The number of aromatic hydroxyl groups is 1. The van der Waals surface area contributed by atoms with Gasteiger partial charge in [0.25, 0.3) is 5.91 Å². The van der Waals surface area contributed by atoms with Crippen LogP contribution in [0.4, 0.5) is 0 Å². The van der Waals surface area contributed by atoms with Crippen LogP contribution in [0.15, 0.2) is 28.7 Å². The second-order valence-corrected chi connectivity index (χ2v) is 9.36. The Morgan fingerprint density at radius 1 is 1.26 bits per heavy atom. The van der Waals surface area contributed by atoms with Crippen LogP contribution in [0.25, 0.3) is 0 Å². The monoisotopic (exact) mass is 541 g/mol. The van der Waals surface area contributed by atoms with E-state index in [0.29, 0.717) is 14.7 Å². The van der Waals surface area contributed by atoms with Gasteiger partial charge >= 0.3 is 0 Å². The number of carbonyl (C=O) groups excluding carboxylic acids is 3. The highest BCUT2D eigenvalue weighted by Crippen LogP contribution is 2.52. The van der Waals surface area contributed by atoms with Gasteiger partial charge in [-0.05, 0) is 52.6 Å². The Hall–Kier alpha value is -2.48. The molecule has 0 bridgehead atoms. The van der Waals surface area contributed by atoms with Gasteiger partial charge in [-0.1, -0.05) is 0 Å². The molecule has 0 spiro atoms. The number of rotatable bonds is 2. The van der Waals surface area contributed by atoms with Crippen molar-refractivity contribution in [1.29, 1.82) is 0 Å². The number of allylic oxidation sites excluding steroid dienone is 1. The lowest BCUT2D eigenvalue weighted by Crippen LogP contribution is -2.64. The highest BCUT2D eigenvalue weighted by molar-refractivity contribution is 14.1. The lowest BCUT2D eigenvalue weighted by Gasteiger charge is -2.50. The third-order valence-corrected chi connectivity index (χ3v) is 7.29. The van der Waals surface area contributed by atoms with Gasteiger partial charge in [0, 0.05) is 18.9 Å². The average Bonchev–Trinajstić information content (AvgIpc) is 2.67. The molecule has 1 aromatic carbocycles. The van der Waals surface area contributed by atoms with Crippen LogP contribution in [0.3, 0.4) is 0 Å². The topological polar surface area (TPSA) is 210 Å². The number of phenols is 1. The van der Waals surface area contributed by atoms with E-state index in [4.69, 9.17) is 17.2 Å². The van der Waals surface area contributed by atoms with Crippen molar-refractivity contribution in [3.8, 4) is 5.75 Å². The van der Waals surface area contributed by atoms with E-state index in [1.807, 2.05) is 22.6 Å². The molecule has 3 aliphatic rings. The number of Topliss-reactive ketones (excluding diaryl/α,β-unsaturated/α-hetero) is 2. The molecule has 3 aliphatic carbocycles. The first kappa shape index (κ1) is 21.7. The Morgan fingerprint density at radius 2 is 1.90 bits per heavy atom. The molecule has 0 unspecified atom stereocenters. The molecule has 164 valence electrons. The predicted octanol–water partition coefficient (Wildman–Crippen LogP) is -0.275. The molecule has 0 heterocycles. The molecule has 0 fully saturated rings. The maximum atomic E-state index is 13.4. The van der Waals surface area contributed by atoms with Crippen LogP contribution in [0.1, 0.15) is 34.3 Å². The molecule has 11 heteroatoms. The fraction of sp³-hybridized carbons (Fsp3) is 0.350. The van der Waals surface area contributed by atoms with E-state index < -0.39 is 57.2 Å². The van der Waals surface area contributed by atoms with Crippen molar-refractivity contribution in [2.75, 3.05) is 0 Å². The van der Waals surface area contributed by atoms with Crippen LogP contribution < -0.4 is 17.2 Å². The first-order valence-electron chi connectivity index (χ1n) is 9.38. The quantitative estimate of drug-likeness (QED) is 0.194. The van der Waals surface area contributed by atoms with E-state index in [2.05, 4.69) is 0 Å². The van der Waals surface area contributed by atoms with Crippen LogP contribution in [-0.2, 0) is 22.6 Å². The number of primary amides is 1. The van der Waals surface area contributed by atoms with E-state index in [9.17, 15) is 34.8 Å². The summed E-state index contributed by atoms with van der Waals surface area (Å²) in [5, 5.41) is 42.9. The largest absolute Gasteiger partial charge is 0.511 e. The van der Waals surface area contributed by atoms with Gasteiger partial charge in [0.05, 0.1) is 20.2 Å². The van der Waals surface area contributed by atoms with Gasteiger partial charge in [0.15, 0.2) is 11.4 Å². The van der Waals surface area contributed by atoms with Gasteiger partial charge in [-0.25, -0.2) is 0 Å². The third kappa shape index (κ3) is 2.70. The number of aliphatic hydroxyl groups excluding tert-OH is 2. The number of benzene rings is 1. The van der Waals surface area contributed by atoms with Crippen molar-refractivity contribution in [3.63, 3.8) is 0 Å². The Bertz CT molecular complexity index is 1160. The van der Waals surface area contributed by atoms with Gasteiger partial charge in [-0.2, -0.15) is 0 Å². The van der Waals surface area contributed by atoms with Crippen molar-refractivity contribution in [2.24, 2.45) is 23.1 Å². The number of nitrogens with two attached hydrogens (primary N) is 3. The van der Waals surface area contributed by atoms with Crippen LogP contribution in [0.2, 0.25) is 0 Å². The molecule has 4 rings (SSSR count). The standard InChI is InChI=1S/C20H20IN3O7/c21-9-1-6(5-22)8-4-19(24)3-7-2-10(25)12(18(23)30)16(28)20(7,31)17(29)13(19)15(27)11(8)14(9)26/h1,7,25-26,29,31H,2-5,22,24H2,(H2,23,30)/t7-,19+,20-/m1/s1. The molecule has 10 N–H and O–H groups in total. The highest BCUT2D eigenvalue weighted by Gasteiger charge is 2.63. The highest BCUT2D eigenvalue weighted by atomic mass is 127. The molecule has 10 nitrogen and oxygen atoms in total. The van der Waals surface area contributed by atoms with Crippen molar-refractivity contribution in [1.82, 2.24) is 0 Å². The summed E-state index contributed by atoms with van der Waals surface area (Å²) in [6.45, 7) is 0.0738. The first-order chi connectivity index (χ1) is 14.4. The first-order valence-corrected chi connectivity index (χ1v) is 10.5. The maximum absolute atomic E-state index is 13.4. The van der Waals surface area contributed by atoms with E-state index in [1.165, 1.54) is 0 Å². The van der Waals surface area contributed by atoms with Gasteiger partial charge in [0.1, 0.15) is 22.8 Å². The number of phenolic OH excluding ortho intramolecular Hbond substituents is 1. The molecule has 3 atom stereocenters. The molecule has 0 saturated heterocycles. The molecular weight excluding hydrogens is 521 g/mol. The number of halogens is 1. The van der Waals surface area contributed by atoms with Gasteiger partial charge in [0.2, 0.25) is 5.78 Å².